The van der Waals surface area contributed by atoms with Crippen LogP contribution in [0.3, 0.4) is 0 Å². The van der Waals surface area contributed by atoms with E-state index in [-0.39, 0.29) is 33.8 Å². The molecule has 242 valence electrons. The molecule has 2 aromatic carbocycles. The number of methoxy groups -OCH3 is 1. The van der Waals surface area contributed by atoms with Crippen molar-refractivity contribution in [1.29, 1.82) is 0 Å². The van der Waals surface area contributed by atoms with Gasteiger partial charge in [-0.15, -0.1) is 0 Å². The van der Waals surface area contributed by atoms with Gasteiger partial charge in [0.1, 0.15) is 6.54 Å². The highest BCUT2D eigenvalue weighted by atomic mass is 35.5. The number of benzene rings is 2. The molecule has 4 saturated carbocycles. The van der Waals surface area contributed by atoms with Crippen LogP contribution in [0, 0.1) is 23.2 Å². The second-order valence-electron chi connectivity index (χ2n) is 12.6. The first-order valence-corrected chi connectivity index (χ1v) is 16.7. The monoisotopic (exact) mass is 666 g/mol. The smallest absolute Gasteiger partial charge is 0.339 e. The molecule has 2 aromatic rings. The summed E-state index contributed by atoms with van der Waals surface area (Å²) >= 11 is 6.84. The van der Waals surface area contributed by atoms with Crippen molar-refractivity contribution < 1.29 is 38.2 Å². The van der Waals surface area contributed by atoms with Gasteiger partial charge in [-0.3, -0.25) is 24.1 Å². The van der Waals surface area contributed by atoms with Crippen LogP contribution in [-0.2, 0) is 19.1 Å². The summed E-state index contributed by atoms with van der Waals surface area (Å²) < 4.78 is 16.6. The van der Waals surface area contributed by atoms with Crippen molar-refractivity contribution in [2.75, 3.05) is 25.6 Å². The molecular weight excluding hydrogens is 632 g/mol. The lowest BCUT2D eigenvalue weighted by Crippen LogP contribution is -2.51. The van der Waals surface area contributed by atoms with Crippen molar-refractivity contribution in [2.45, 2.75) is 51.9 Å². The average molecular weight is 667 g/mol. The van der Waals surface area contributed by atoms with Gasteiger partial charge in [-0.2, -0.15) is 0 Å². The third-order valence-corrected chi connectivity index (χ3v) is 10.5. The van der Waals surface area contributed by atoms with Crippen molar-refractivity contribution in [3.05, 3.63) is 57.5 Å². The predicted molar refractivity (Wildman–Crippen MR) is 173 cm³/mol. The van der Waals surface area contributed by atoms with E-state index in [0.29, 0.717) is 53.0 Å². The van der Waals surface area contributed by atoms with Gasteiger partial charge in [0.15, 0.2) is 11.5 Å². The normalized spacial score (nSPS) is 25.6. The highest BCUT2D eigenvalue weighted by Crippen LogP contribution is 2.60. The zero-order valence-electron chi connectivity index (χ0n) is 25.6. The van der Waals surface area contributed by atoms with E-state index in [4.69, 9.17) is 25.8 Å². The summed E-state index contributed by atoms with van der Waals surface area (Å²) in [5.74, 6) is 0.405. The zero-order chi connectivity index (χ0) is 32.6. The van der Waals surface area contributed by atoms with Gasteiger partial charge in [0.25, 0.3) is 11.1 Å². The minimum absolute atomic E-state index is 0.0889. The van der Waals surface area contributed by atoms with Crippen LogP contribution < -0.4 is 14.8 Å². The Morgan fingerprint density at radius 1 is 1.02 bits per heavy atom. The number of carbonyl (C=O) groups is 5. The molecule has 10 nitrogen and oxygen atoms in total. The number of carbonyl (C=O) groups excluding carboxylic acids is 5. The molecule has 3 amide bonds. The van der Waals surface area contributed by atoms with Gasteiger partial charge >= 0.3 is 11.9 Å². The van der Waals surface area contributed by atoms with Crippen molar-refractivity contribution in [1.82, 2.24) is 4.90 Å². The predicted octanol–water partition coefficient (Wildman–Crippen LogP) is 6.71. The highest BCUT2D eigenvalue weighted by Gasteiger charge is 2.55. The third kappa shape index (κ3) is 6.53. The van der Waals surface area contributed by atoms with Crippen LogP contribution in [0.1, 0.15) is 67.8 Å². The van der Waals surface area contributed by atoms with Crippen molar-refractivity contribution in [2.24, 2.45) is 23.2 Å². The fraction of sp³-hybridized carbons (Fsp3) is 0.441. The standard InChI is InChI=1S/C34H35ClN2O8S/c1-3-8-44-31(40)24-14-23(5-6-25(24)35)36-29(38)18-37-30(39)28(46-33(37)42)13-19-4-7-26(27(12-19)43-2)45-32(41)34-15-20-9-21(16-34)11-22(10-20)17-34/h4-7,12-14,20-22H,3,8-11,15-18H2,1-2H3,(H,36,38)/b28-13-. The third-order valence-electron chi connectivity index (χ3n) is 9.24. The molecule has 5 fully saturated rings. The minimum atomic E-state index is -0.634. The molecule has 0 radical (unpaired) electrons. The molecule has 0 spiro atoms. The second kappa shape index (κ2) is 13.1. The number of hydrogen-bond donors (Lipinski definition) is 1. The number of rotatable bonds is 10. The van der Waals surface area contributed by atoms with Gasteiger partial charge in [-0.25, -0.2) is 4.79 Å². The van der Waals surface area contributed by atoms with Crippen LogP contribution in [0.25, 0.3) is 6.08 Å². The molecule has 5 aliphatic rings. The number of amides is 3. The highest BCUT2D eigenvalue weighted by molar-refractivity contribution is 8.18. The van der Waals surface area contributed by atoms with Gasteiger partial charge in [0.2, 0.25) is 5.91 Å². The minimum Gasteiger partial charge on any atom is -0.493 e. The van der Waals surface area contributed by atoms with Crippen LogP contribution in [0.5, 0.6) is 11.5 Å². The van der Waals surface area contributed by atoms with E-state index in [1.807, 2.05) is 6.92 Å². The summed E-state index contributed by atoms with van der Waals surface area (Å²) in [5.41, 5.74) is 0.493. The second-order valence-corrected chi connectivity index (χ2v) is 14.0. The van der Waals surface area contributed by atoms with Crippen LogP contribution in [-0.4, -0.2) is 54.2 Å². The van der Waals surface area contributed by atoms with Crippen molar-refractivity contribution in [3.8, 4) is 11.5 Å². The van der Waals surface area contributed by atoms with Crippen molar-refractivity contribution >= 4 is 64.1 Å². The maximum absolute atomic E-state index is 13.5. The molecule has 0 aromatic heterocycles. The van der Waals surface area contributed by atoms with Crippen LogP contribution in [0.4, 0.5) is 10.5 Å². The van der Waals surface area contributed by atoms with E-state index in [2.05, 4.69) is 5.32 Å². The number of thioether (sulfide) groups is 1. The van der Waals surface area contributed by atoms with Gasteiger partial charge in [0.05, 0.1) is 34.6 Å². The molecule has 4 aliphatic carbocycles. The quantitative estimate of drug-likeness (QED) is 0.167. The summed E-state index contributed by atoms with van der Waals surface area (Å²) in [6.45, 7) is 1.56. The number of hydrogen-bond acceptors (Lipinski definition) is 9. The number of nitrogens with zero attached hydrogens (tertiary/aromatic N) is 1. The van der Waals surface area contributed by atoms with E-state index in [9.17, 15) is 24.0 Å². The fourth-order valence-electron chi connectivity index (χ4n) is 7.59. The molecule has 0 atom stereocenters. The van der Waals surface area contributed by atoms with Gasteiger partial charge in [0, 0.05) is 5.69 Å². The SMILES string of the molecule is CCCOC(=O)c1cc(NC(=O)CN2C(=O)S/C(=C\c3ccc(OC(=O)C45CC6CC(CC(C6)C4)C5)c(OC)c3)C2=O)ccc1Cl. The zero-order valence-corrected chi connectivity index (χ0v) is 27.2. The number of halogens is 1. The molecule has 1 N–H and O–H groups in total. The largest absolute Gasteiger partial charge is 0.493 e. The van der Waals surface area contributed by atoms with Crippen LogP contribution in [0.2, 0.25) is 5.02 Å². The summed E-state index contributed by atoms with van der Waals surface area (Å²) in [6.07, 6.45) is 8.51. The van der Waals surface area contributed by atoms with Crippen molar-refractivity contribution in [3.63, 3.8) is 0 Å². The first-order chi connectivity index (χ1) is 22.1. The molecule has 46 heavy (non-hydrogen) atoms. The molecule has 1 saturated heterocycles. The molecule has 4 bridgehead atoms. The Hall–Kier alpha value is -3.83. The average Bonchev–Trinajstić information content (AvgIpc) is 3.27. The lowest BCUT2D eigenvalue weighted by atomic mass is 9.49. The Labute approximate surface area is 276 Å². The fourth-order valence-corrected chi connectivity index (χ4v) is 8.62. The summed E-state index contributed by atoms with van der Waals surface area (Å²) in [5, 5.41) is 2.16. The summed E-state index contributed by atoms with van der Waals surface area (Å²) in [4.78, 5) is 65.3. The maximum Gasteiger partial charge on any atom is 0.339 e. The molecule has 0 unspecified atom stereocenters. The Morgan fingerprint density at radius 2 is 1.72 bits per heavy atom. The lowest BCUT2D eigenvalue weighted by Gasteiger charge is -2.55. The first kappa shape index (κ1) is 32.1. The van der Waals surface area contributed by atoms with Crippen LogP contribution >= 0.6 is 23.4 Å². The number of anilines is 1. The number of nitrogens with one attached hydrogen (secondary N) is 1. The van der Waals surface area contributed by atoms with Gasteiger partial charge < -0.3 is 19.5 Å². The molecule has 12 heteroatoms. The molecule has 1 aliphatic heterocycles. The lowest BCUT2D eigenvalue weighted by molar-refractivity contribution is -0.161. The van der Waals surface area contributed by atoms with E-state index in [0.717, 1.165) is 24.2 Å². The summed E-state index contributed by atoms with van der Waals surface area (Å²) in [6, 6.07) is 9.30. The number of ether oxygens (including phenoxy) is 3. The first-order valence-electron chi connectivity index (χ1n) is 15.5. The maximum atomic E-state index is 13.5. The Morgan fingerprint density at radius 3 is 2.37 bits per heavy atom. The number of imide groups is 1. The van der Waals surface area contributed by atoms with E-state index in [1.54, 1.807) is 18.2 Å². The van der Waals surface area contributed by atoms with E-state index in [1.165, 1.54) is 50.6 Å². The Balaban J connectivity index is 1.10. The van der Waals surface area contributed by atoms with E-state index >= 15 is 0 Å². The van der Waals surface area contributed by atoms with Gasteiger partial charge in [-0.05, 0) is 116 Å². The van der Waals surface area contributed by atoms with Gasteiger partial charge in [-0.1, -0.05) is 24.6 Å². The topological polar surface area (TPSA) is 128 Å². The molecular formula is C34H35ClN2O8S. The Kier molecular flexibility index (Phi) is 9.16. The Bertz CT molecular complexity index is 1600. The van der Waals surface area contributed by atoms with Crippen LogP contribution in [0.15, 0.2) is 41.3 Å². The molecule has 7 rings (SSSR count). The number of esters is 2. The van der Waals surface area contributed by atoms with E-state index < -0.39 is 35.0 Å². The molecule has 1 heterocycles. The summed E-state index contributed by atoms with van der Waals surface area (Å²) in [7, 11) is 1.48.